The van der Waals surface area contributed by atoms with Gasteiger partial charge in [-0.3, -0.25) is 19.3 Å². The quantitative estimate of drug-likeness (QED) is 0.320. The molecule has 2 aliphatic rings. The van der Waals surface area contributed by atoms with Gasteiger partial charge in [-0.1, -0.05) is 35.9 Å². The van der Waals surface area contributed by atoms with Crippen molar-refractivity contribution in [2.75, 3.05) is 11.5 Å². The van der Waals surface area contributed by atoms with Crippen molar-refractivity contribution in [1.29, 1.82) is 0 Å². The van der Waals surface area contributed by atoms with Crippen LogP contribution in [-0.4, -0.2) is 30.2 Å². The number of hydrogen-bond acceptors (Lipinski definition) is 5. The molecule has 6 nitrogen and oxygen atoms in total. The van der Waals surface area contributed by atoms with Crippen LogP contribution in [0.5, 0.6) is 0 Å². The first-order valence-electron chi connectivity index (χ1n) is 10.3. The van der Waals surface area contributed by atoms with E-state index in [1.54, 1.807) is 18.2 Å². The Morgan fingerprint density at radius 1 is 0.968 bits per heavy atom. The number of aryl methyl sites for hydroxylation is 2. The van der Waals surface area contributed by atoms with Crippen LogP contribution in [-0.2, 0) is 14.3 Å². The number of Topliss-reactive ketones (excluding diaryl/α,β-unsaturated/α-hetero) is 1. The van der Waals surface area contributed by atoms with Gasteiger partial charge >= 0.3 is 5.97 Å². The second kappa shape index (κ2) is 8.30. The number of fused-ring (bicyclic) bond motifs is 1. The number of anilines is 1. The van der Waals surface area contributed by atoms with Gasteiger partial charge < -0.3 is 4.74 Å². The second-order valence-electron chi connectivity index (χ2n) is 8.04. The van der Waals surface area contributed by atoms with Gasteiger partial charge in [0, 0.05) is 5.56 Å². The SMILES string of the molecule is Cc1ccc(C)c(C(=O)COC(=O)c2cccc(N3C(=O)[C@H]4CC=CC[C@@H]4C3=O)c2)c1. The Labute approximate surface area is 180 Å². The van der Waals surface area contributed by atoms with E-state index in [4.69, 9.17) is 4.74 Å². The number of allylic oxidation sites excluding steroid dienone is 2. The number of benzene rings is 2. The molecule has 0 bridgehead atoms. The van der Waals surface area contributed by atoms with Gasteiger partial charge in [-0.2, -0.15) is 0 Å². The van der Waals surface area contributed by atoms with E-state index in [0.29, 0.717) is 24.1 Å². The number of carbonyl (C=O) groups is 4. The van der Waals surface area contributed by atoms with Gasteiger partial charge in [0.05, 0.1) is 23.1 Å². The van der Waals surface area contributed by atoms with Crippen LogP contribution in [0, 0.1) is 25.7 Å². The summed E-state index contributed by atoms with van der Waals surface area (Å²) in [6, 6.07) is 11.8. The van der Waals surface area contributed by atoms with Gasteiger partial charge in [0.1, 0.15) is 0 Å². The van der Waals surface area contributed by atoms with Crippen molar-refractivity contribution < 1.29 is 23.9 Å². The highest BCUT2D eigenvalue weighted by atomic mass is 16.5. The predicted molar refractivity (Wildman–Crippen MR) is 115 cm³/mol. The number of amides is 2. The summed E-state index contributed by atoms with van der Waals surface area (Å²) in [5, 5.41) is 0. The van der Waals surface area contributed by atoms with Crippen LogP contribution in [0.1, 0.15) is 44.7 Å². The Balaban J connectivity index is 1.48. The fourth-order valence-corrected chi connectivity index (χ4v) is 4.16. The largest absolute Gasteiger partial charge is 0.454 e. The third-order valence-corrected chi connectivity index (χ3v) is 5.88. The van der Waals surface area contributed by atoms with Crippen molar-refractivity contribution in [3.05, 3.63) is 76.9 Å². The summed E-state index contributed by atoms with van der Waals surface area (Å²) >= 11 is 0. The lowest BCUT2D eigenvalue weighted by Crippen LogP contribution is -2.31. The molecule has 1 saturated heterocycles. The van der Waals surface area contributed by atoms with Crippen LogP contribution in [0.3, 0.4) is 0 Å². The molecular weight excluding hydrogens is 394 g/mol. The van der Waals surface area contributed by atoms with Crippen LogP contribution in [0.4, 0.5) is 5.69 Å². The number of ether oxygens (including phenoxy) is 1. The normalized spacial score (nSPS) is 20.0. The van der Waals surface area contributed by atoms with Crippen LogP contribution < -0.4 is 4.90 Å². The third kappa shape index (κ3) is 3.93. The molecule has 1 aliphatic carbocycles. The number of ketones is 1. The first-order chi connectivity index (χ1) is 14.9. The molecule has 0 unspecified atom stereocenters. The average molecular weight is 417 g/mol. The van der Waals surface area contributed by atoms with E-state index in [9.17, 15) is 19.2 Å². The van der Waals surface area contributed by atoms with Crippen molar-refractivity contribution in [2.24, 2.45) is 11.8 Å². The Bertz CT molecular complexity index is 1090. The van der Waals surface area contributed by atoms with E-state index in [-0.39, 0.29) is 41.6 Å². The standard InChI is InChI=1S/C25H23NO5/c1-15-10-11-16(2)21(12-15)22(27)14-31-25(30)17-6-5-7-18(13-17)26-23(28)19-8-3-4-9-20(19)24(26)29/h3-7,10-13,19-20H,8-9,14H2,1-2H3/t19-,20-/m0/s1. The molecule has 0 aromatic heterocycles. The Hall–Kier alpha value is -3.54. The minimum atomic E-state index is -0.682. The zero-order valence-corrected chi connectivity index (χ0v) is 17.5. The summed E-state index contributed by atoms with van der Waals surface area (Å²) in [5.74, 6) is -2.14. The fourth-order valence-electron chi connectivity index (χ4n) is 4.16. The van der Waals surface area contributed by atoms with Crippen molar-refractivity contribution >= 4 is 29.3 Å². The first-order valence-corrected chi connectivity index (χ1v) is 10.3. The maximum Gasteiger partial charge on any atom is 0.338 e. The molecule has 0 saturated carbocycles. The van der Waals surface area contributed by atoms with Crippen LogP contribution in [0.2, 0.25) is 0 Å². The monoisotopic (exact) mass is 417 g/mol. The van der Waals surface area contributed by atoms with Crippen molar-refractivity contribution in [3.8, 4) is 0 Å². The zero-order chi connectivity index (χ0) is 22.1. The summed E-state index contributed by atoms with van der Waals surface area (Å²) in [7, 11) is 0. The number of imide groups is 1. The predicted octanol–water partition coefficient (Wildman–Crippen LogP) is 3.80. The summed E-state index contributed by atoms with van der Waals surface area (Å²) in [5.41, 5.74) is 2.81. The number of rotatable bonds is 5. The Kier molecular flexibility index (Phi) is 5.55. The van der Waals surface area contributed by atoms with E-state index in [1.807, 2.05) is 38.1 Å². The third-order valence-electron chi connectivity index (χ3n) is 5.88. The van der Waals surface area contributed by atoms with E-state index in [0.717, 1.165) is 11.1 Å². The molecular formula is C25H23NO5. The minimum absolute atomic E-state index is 0.180. The van der Waals surface area contributed by atoms with E-state index >= 15 is 0 Å². The smallest absolute Gasteiger partial charge is 0.338 e. The van der Waals surface area contributed by atoms with Gasteiger partial charge in [0.25, 0.3) is 0 Å². The van der Waals surface area contributed by atoms with Gasteiger partial charge in [0.2, 0.25) is 17.6 Å². The molecule has 0 N–H and O–H groups in total. The second-order valence-corrected chi connectivity index (χ2v) is 8.04. The van der Waals surface area contributed by atoms with Crippen LogP contribution in [0.15, 0.2) is 54.6 Å². The summed E-state index contributed by atoms with van der Waals surface area (Å²) in [4.78, 5) is 51.7. The molecule has 1 fully saturated rings. The molecule has 0 radical (unpaired) electrons. The maximum atomic E-state index is 12.8. The van der Waals surface area contributed by atoms with E-state index < -0.39 is 5.97 Å². The Morgan fingerprint density at radius 2 is 1.65 bits per heavy atom. The summed E-state index contributed by atoms with van der Waals surface area (Å²) in [6.07, 6.45) is 4.95. The number of esters is 1. The number of nitrogens with zero attached hydrogens (tertiary/aromatic N) is 1. The van der Waals surface area contributed by atoms with Crippen LogP contribution >= 0.6 is 0 Å². The maximum absolute atomic E-state index is 12.8. The van der Waals surface area contributed by atoms with Crippen molar-refractivity contribution in [3.63, 3.8) is 0 Å². The lowest BCUT2D eigenvalue weighted by molar-refractivity contribution is -0.122. The number of hydrogen-bond donors (Lipinski definition) is 0. The molecule has 4 rings (SSSR count). The van der Waals surface area contributed by atoms with Gasteiger partial charge in [0.15, 0.2) is 6.61 Å². The minimum Gasteiger partial charge on any atom is -0.454 e. The molecule has 158 valence electrons. The highest BCUT2D eigenvalue weighted by molar-refractivity contribution is 6.22. The molecule has 0 spiro atoms. The molecule has 2 aromatic rings. The molecule has 2 atom stereocenters. The van der Waals surface area contributed by atoms with E-state index in [1.165, 1.54) is 17.0 Å². The lowest BCUT2D eigenvalue weighted by Gasteiger charge is -2.15. The molecule has 2 amide bonds. The molecule has 1 aliphatic heterocycles. The highest BCUT2D eigenvalue weighted by Crippen LogP contribution is 2.37. The topological polar surface area (TPSA) is 80.8 Å². The average Bonchev–Trinajstić information content (AvgIpc) is 3.04. The fraction of sp³-hybridized carbons (Fsp3) is 0.280. The lowest BCUT2D eigenvalue weighted by atomic mass is 9.85. The highest BCUT2D eigenvalue weighted by Gasteiger charge is 2.47. The van der Waals surface area contributed by atoms with Crippen LogP contribution in [0.25, 0.3) is 0 Å². The molecule has 6 heteroatoms. The summed E-state index contributed by atoms with van der Waals surface area (Å²) in [6.45, 7) is 3.33. The van der Waals surface area contributed by atoms with E-state index in [2.05, 4.69) is 0 Å². The zero-order valence-electron chi connectivity index (χ0n) is 17.5. The molecule has 31 heavy (non-hydrogen) atoms. The van der Waals surface area contributed by atoms with Gasteiger partial charge in [-0.15, -0.1) is 0 Å². The van der Waals surface area contributed by atoms with Gasteiger partial charge in [-0.05, 0) is 56.5 Å². The first kappa shape index (κ1) is 20.7. The van der Waals surface area contributed by atoms with Gasteiger partial charge in [-0.25, -0.2) is 4.79 Å². The molecule has 1 heterocycles. The summed E-state index contributed by atoms with van der Waals surface area (Å²) < 4.78 is 5.22. The van der Waals surface area contributed by atoms with Crippen molar-refractivity contribution in [2.45, 2.75) is 26.7 Å². The molecule has 2 aromatic carbocycles. The van der Waals surface area contributed by atoms with Crippen molar-refractivity contribution in [1.82, 2.24) is 0 Å². The Morgan fingerprint density at radius 3 is 2.32 bits per heavy atom. The number of carbonyl (C=O) groups excluding carboxylic acids is 4.